The summed E-state index contributed by atoms with van der Waals surface area (Å²) in [7, 11) is 0. The van der Waals surface area contributed by atoms with Crippen LogP contribution in [0.15, 0.2) is 41.8 Å². The highest BCUT2D eigenvalue weighted by molar-refractivity contribution is 7.12. The molecule has 4 nitrogen and oxygen atoms in total. The zero-order valence-electron chi connectivity index (χ0n) is 11.9. The number of nitrogens with zero attached hydrogens (tertiary/aromatic N) is 2. The number of rotatable bonds is 2. The molecule has 0 radical (unpaired) electrons. The fraction of sp³-hybridized carbons (Fsp3) is 0.250. The molecule has 1 aliphatic heterocycles. The van der Waals surface area contributed by atoms with Crippen molar-refractivity contribution in [2.24, 2.45) is 0 Å². The van der Waals surface area contributed by atoms with Crippen molar-refractivity contribution >= 4 is 34.8 Å². The fourth-order valence-electron chi connectivity index (χ4n) is 2.47. The molecule has 1 aromatic carbocycles. The van der Waals surface area contributed by atoms with Crippen LogP contribution >= 0.6 is 22.9 Å². The third-order valence-corrected chi connectivity index (χ3v) is 4.75. The first kappa shape index (κ1) is 15.1. The van der Waals surface area contributed by atoms with E-state index in [-0.39, 0.29) is 11.8 Å². The summed E-state index contributed by atoms with van der Waals surface area (Å²) in [6, 6.07) is 10.7. The largest absolute Gasteiger partial charge is 0.335 e. The SMILES string of the molecule is O=C(c1cccc(Cl)c1)N1CCN(C(=O)c2cccs2)CC1. The normalized spacial score (nSPS) is 15.0. The van der Waals surface area contributed by atoms with E-state index in [1.165, 1.54) is 11.3 Å². The van der Waals surface area contributed by atoms with Crippen LogP contribution in [0.2, 0.25) is 5.02 Å². The smallest absolute Gasteiger partial charge is 0.264 e. The van der Waals surface area contributed by atoms with Crippen molar-refractivity contribution in [1.82, 2.24) is 9.80 Å². The predicted octanol–water partition coefficient (Wildman–Crippen LogP) is 3.00. The van der Waals surface area contributed by atoms with Gasteiger partial charge in [0.1, 0.15) is 0 Å². The van der Waals surface area contributed by atoms with E-state index in [2.05, 4.69) is 0 Å². The van der Waals surface area contributed by atoms with Crippen LogP contribution in [0, 0.1) is 0 Å². The summed E-state index contributed by atoms with van der Waals surface area (Å²) < 4.78 is 0. The maximum atomic E-state index is 12.4. The van der Waals surface area contributed by atoms with Crippen molar-refractivity contribution in [3.63, 3.8) is 0 Å². The van der Waals surface area contributed by atoms with Crippen LogP contribution in [0.3, 0.4) is 0 Å². The third kappa shape index (κ3) is 3.15. The quantitative estimate of drug-likeness (QED) is 0.847. The van der Waals surface area contributed by atoms with Crippen molar-refractivity contribution < 1.29 is 9.59 Å². The first-order valence-corrected chi connectivity index (χ1v) is 8.28. The number of halogens is 1. The molecule has 0 bridgehead atoms. The van der Waals surface area contributed by atoms with Gasteiger partial charge in [0.15, 0.2) is 0 Å². The Morgan fingerprint density at radius 3 is 2.23 bits per heavy atom. The summed E-state index contributed by atoms with van der Waals surface area (Å²) in [5, 5.41) is 2.45. The van der Waals surface area contributed by atoms with Gasteiger partial charge in [-0.25, -0.2) is 0 Å². The standard InChI is InChI=1S/C16H15ClN2O2S/c17-13-4-1-3-12(11-13)15(20)18-6-8-19(9-7-18)16(21)14-5-2-10-22-14/h1-5,10-11H,6-9H2. The third-order valence-electron chi connectivity index (χ3n) is 3.66. The summed E-state index contributed by atoms with van der Waals surface area (Å²) in [4.78, 5) is 29.0. The Balaban J connectivity index is 1.62. The molecular weight excluding hydrogens is 320 g/mol. The molecule has 1 aliphatic rings. The van der Waals surface area contributed by atoms with Gasteiger partial charge in [0, 0.05) is 36.8 Å². The first-order valence-electron chi connectivity index (χ1n) is 7.03. The highest BCUT2D eigenvalue weighted by Gasteiger charge is 2.25. The van der Waals surface area contributed by atoms with E-state index in [4.69, 9.17) is 11.6 Å². The molecule has 2 amide bonds. The predicted molar refractivity (Wildman–Crippen MR) is 87.6 cm³/mol. The van der Waals surface area contributed by atoms with Gasteiger partial charge in [-0.2, -0.15) is 0 Å². The van der Waals surface area contributed by atoms with Crippen molar-refractivity contribution in [2.75, 3.05) is 26.2 Å². The maximum Gasteiger partial charge on any atom is 0.264 e. The molecule has 6 heteroatoms. The van der Waals surface area contributed by atoms with Gasteiger partial charge < -0.3 is 9.80 Å². The van der Waals surface area contributed by atoms with Gasteiger partial charge in [-0.1, -0.05) is 23.7 Å². The Labute approximate surface area is 137 Å². The van der Waals surface area contributed by atoms with E-state index in [1.54, 1.807) is 34.1 Å². The lowest BCUT2D eigenvalue weighted by Gasteiger charge is -2.34. The van der Waals surface area contributed by atoms with E-state index in [0.717, 1.165) is 4.88 Å². The van der Waals surface area contributed by atoms with Crippen LogP contribution in [0.5, 0.6) is 0 Å². The summed E-state index contributed by atoms with van der Waals surface area (Å²) in [6.45, 7) is 2.21. The van der Waals surface area contributed by atoms with E-state index >= 15 is 0 Å². The highest BCUT2D eigenvalue weighted by atomic mass is 35.5. The summed E-state index contributed by atoms with van der Waals surface area (Å²) >= 11 is 7.37. The van der Waals surface area contributed by atoms with E-state index in [0.29, 0.717) is 36.8 Å². The minimum Gasteiger partial charge on any atom is -0.335 e. The van der Waals surface area contributed by atoms with Gasteiger partial charge >= 0.3 is 0 Å². The number of benzene rings is 1. The van der Waals surface area contributed by atoms with Crippen molar-refractivity contribution in [2.45, 2.75) is 0 Å². The number of amides is 2. The van der Waals surface area contributed by atoms with Gasteiger partial charge in [0.05, 0.1) is 4.88 Å². The topological polar surface area (TPSA) is 40.6 Å². The number of thiophene rings is 1. The van der Waals surface area contributed by atoms with Crippen LogP contribution in [-0.2, 0) is 0 Å². The van der Waals surface area contributed by atoms with Gasteiger partial charge in [-0.05, 0) is 29.6 Å². The monoisotopic (exact) mass is 334 g/mol. The number of carbonyl (C=O) groups excluding carboxylic acids is 2. The first-order chi connectivity index (χ1) is 10.6. The Hall–Kier alpha value is -1.85. The Morgan fingerprint density at radius 1 is 0.955 bits per heavy atom. The molecule has 0 aliphatic carbocycles. The number of hydrogen-bond donors (Lipinski definition) is 0. The molecule has 1 aromatic heterocycles. The van der Waals surface area contributed by atoms with Crippen LogP contribution in [0.1, 0.15) is 20.0 Å². The zero-order chi connectivity index (χ0) is 15.5. The minimum absolute atomic E-state index is 0.0364. The molecule has 1 saturated heterocycles. The Morgan fingerprint density at radius 2 is 1.64 bits per heavy atom. The highest BCUT2D eigenvalue weighted by Crippen LogP contribution is 2.16. The van der Waals surface area contributed by atoms with Gasteiger partial charge in [-0.3, -0.25) is 9.59 Å². The van der Waals surface area contributed by atoms with E-state index < -0.39 is 0 Å². The second-order valence-corrected chi connectivity index (χ2v) is 6.46. The molecule has 0 unspecified atom stereocenters. The fourth-order valence-corrected chi connectivity index (χ4v) is 3.35. The molecule has 0 spiro atoms. The second kappa shape index (κ2) is 6.50. The molecule has 22 heavy (non-hydrogen) atoms. The second-order valence-electron chi connectivity index (χ2n) is 5.07. The molecule has 114 valence electrons. The lowest BCUT2D eigenvalue weighted by molar-refractivity contribution is 0.0538. The average molecular weight is 335 g/mol. The minimum atomic E-state index is -0.0364. The zero-order valence-corrected chi connectivity index (χ0v) is 13.4. The van der Waals surface area contributed by atoms with Crippen molar-refractivity contribution in [3.05, 3.63) is 57.2 Å². The Bertz CT molecular complexity index is 679. The molecule has 1 fully saturated rings. The van der Waals surface area contributed by atoms with Gasteiger partial charge in [0.2, 0.25) is 0 Å². The molecule has 0 N–H and O–H groups in total. The lowest BCUT2D eigenvalue weighted by atomic mass is 10.2. The lowest BCUT2D eigenvalue weighted by Crippen LogP contribution is -2.50. The van der Waals surface area contributed by atoms with Crippen LogP contribution in [0.25, 0.3) is 0 Å². The maximum absolute atomic E-state index is 12.4. The van der Waals surface area contributed by atoms with Gasteiger partial charge in [-0.15, -0.1) is 11.3 Å². The van der Waals surface area contributed by atoms with Crippen LogP contribution in [0.4, 0.5) is 0 Å². The average Bonchev–Trinajstić information content (AvgIpc) is 3.08. The Kier molecular flexibility index (Phi) is 4.45. The number of hydrogen-bond acceptors (Lipinski definition) is 3. The van der Waals surface area contributed by atoms with Crippen LogP contribution < -0.4 is 0 Å². The van der Waals surface area contributed by atoms with Gasteiger partial charge in [0.25, 0.3) is 11.8 Å². The van der Waals surface area contributed by atoms with Crippen molar-refractivity contribution in [1.29, 1.82) is 0 Å². The van der Waals surface area contributed by atoms with E-state index in [9.17, 15) is 9.59 Å². The summed E-state index contributed by atoms with van der Waals surface area (Å²) in [5.41, 5.74) is 0.588. The molecule has 2 aromatic rings. The molecule has 0 saturated carbocycles. The molecule has 3 rings (SSSR count). The molecule has 2 heterocycles. The molecular formula is C16H15ClN2O2S. The molecule has 0 atom stereocenters. The van der Waals surface area contributed by atoms with Crippen LogP contribution in [-0.4, -0.2) is 47.8 Å². The summed E-state index contributed by atoms with van der Waals surface area (Å²) in [5.74, 6) is 0.00979. The number of piperazine rings is 1. The number of carbonyl (C=O) groups is 2. The van der Waals surface area contributed by atoms with Crippen molar-refractivity contribution in [3.8, 4) is 0 Å². The summed E-state index contributed by atoms with van der Waals surface area (Å²) in [6.07, 6.45) is 0. The van der Waals surface area contributed by atoms with E-state index in [1.807, 2.05) is 17.5 Å².